The third kappa shape index (κ3) is 51.7. The van der Waals surface area contributed by atoms with Crippen LogP contribution in [0, 0.1) is 0 Å². The van der Waals surface area contributed by atoms with E-state index < -0.39 is 6.10 Å². The third-order valence-corrected chi connectivity index (χ3v) is 11.7. The number of hydrogen-bond acceptors (Lipinski definition) is 6. The highest BCUT2D eigenvalue weighted by atomic mass is 16.6. The van der Waals surface area contributed by atoms with Gasteiger partial charge in [0.25, 0.3) is 0 Å². The molecule has 0 fully saturated rings. The minimum Gasteiger partial charge on any atom is -0.462 e. The highest BCUT2D eigenvalue weighted by molar-refractivity contribution is 5.71. The molecule has 0 aliphatic rings. The summed E-state index contributed by atoms with van der Waals surface area (Å²) < 4.78 is 16.8. The predicted octanol–water partition coefficient (Wildman–Crippen LogP) is 18.2. The maximum Gasteiger partial charge on any atom is 0.306 e. The lowest BCUT2D eigenvalue weighted by Gasteiger charge is -2.18. The van der Waals surface area contributed by atoms with Gasteiger partial charge in [-0.2, -0.15) is 0 Å². The zero-order valence-electron chi connectivity index (χ0n) is 42.7. The van der Waals surface area contributed by atoms with Gasteiger partial charge >= 0.3 is 17.9 Å². The summed E-state index contributed by atoms with van der Waals surface area (Å²) in [6, 6.07) is 0. The molecular formula is C59H102O6. The lowest BCUT2D eigenvalue weighted by molar-refractivity contribution is -0.166. The zero-order valence-corrected chi connectivity index (χ0v) is 42.7. The van der Waals surface area contributed by atoms with Gasteiger partial charge < -0.3 is 14.2 Å². The molecule has 0 aliphatic heterocycles. The van der Waals surface area contributed by atoms with Crippen molar-refractivity contribution in [2.45, 2.75) is 271 Å². The highest BCUT2D eigenvalue weighted by Gasteiger charge is 2.19. The Bertz CT molecular complexity index is 1230. The molecule has 0 saturated heterocycles. The van der Waals surface area contributed by atoms with Crippen LogP contribution in [0.1, 0.15) is 265 Å². The largest absolute Gasteiger partial charge is 0.462 e. The first-order chi connectivity index (χ1) is 32.0. The first-order valence-electron chi connectivity index (χ1n) is 27.4. The molecule has 0 N–H and O–H groups in total. The van der Waals surface area contributed by atoms with Crippen molar-refractivity contribution in [3.63, 3.8) is 0 Å². The molecule has 0 saturated carbocycles. The quantitative estimate of drug-likeness (QED) is 0.0262. The number of ether oxygens (including phenoxy) is 3. The Labute approximate surface area is 402 Å². The Morgan fingerprint density at radius 1 is 0.323 bits per heavy atom. The molecular weight excluding hydrogens is 805 g/mol. The van der Waals surface area contributed by atoms with Crippen LogP contribution >= 0.6 is 0 Å². The van der Waals surface area contributed by atoms with Gasteiger partial charge in [0.2, 0.25) is 0 Å². The van der Waals surface area contributed by atoms with Crippen molar-refractivity contribution >= 4 is 17.9 Å². The van der Waals surface area contributed by atoms with Crippen LogP contribution in [0.5, 0.6) is 0 Å². The summed E-state index contributed by atoms with van der Waals surface area (Å²) in [6.07, 6.45) is 67.6. The van der Waals surface area contributed by atoms with E-state index in [2.05, 4.69) is 87.6 Å². The van der Waals surface area contributed by atoms with E-state index in [-0.39, 0.29) is 37.5 Å². The van der Waals surface area contributed by atoms with Crippen LogP contribution in [0.25, 0.3) is 0 Å². The van der Waals surface area contributed by atoms with Crippen LogP contribution in [-0.4, -0.2) is 37.2 Å². The van der Waals surface area contributed by atoms with Crippen LogP contribution in [0.2, 0.25) is 0 Å². The topological polar surface area (TPSA) is 78.9 Å². The SMILES string of the molecule is CC/C=C/C/C=C/C/C=C/CCCCCCCCC(=O)OC(COC(=O)CC/C=C/C/C=C/CCCCCCCC)COC(=O)CCCCCCC/C=C/CCCCCCCCCCC. The molecule has 374 valence electrons. The van der Waals surface area contributed by atoms with E-state index in [0.29, 0.717) is 19.3 Å². The van der Waals surface area contributed by atoms with Gasteiger partial charge in [-0.05, 0) is 96.3 Å². The van der Waals surface area contributed by atoms with Crippen molar-refractivity contribution in [3.8, 4) is 0 Å². The molecule has 0 aromatic heterocycles. The van der Waals surface area contributed by atoms with Crippen LogP contribution in [0.4, 0.5) is 0 Å². The second kappa shape index (κ2) is 53.5. The Hall–Kier alpha value is -3.15. The van der Waals surface area contributed by atoms with Crippen LogP contribution in [-0.2, 0) is 28.6 Å². The Morgan fingerprint density at radius 2 is 0.631 bits per heavy atom. The van der Waals surface area contributed by atoms with Crippen molar-refractivity contribution < 1.29 is 28.6 Å². The van der Waals surface area contributed by atoms with Crippen molar-refractivity contribution in [2.75, 3.05) is 13.2 Å². The molecule has 0 rings (SSSR count). The molecule has 1 atom stereocenters. The van der Waals surface area contributed by atoms with E-state index in [0.717, 1.165) is 89.9 Å². The molecule has 0 aromatic carbocycles. The average molecular weight is 907 g/mol. The monoisotopic (exact) mass is 907 g/mol. The second-order valence-electron chi connectivity index (χ2n) is 18.1. The van der Waals surface area contributed by atoms with E-state index in [4.69, 9.17) is 14.2 Å². The average Bonchev–Trinajstić information content (AvgIpc) is 3.30. The summed E-state index contributed by atoms with van der Waals surface area (Å²) in [5, 5.41) is 0. The lowest BCUT2D eigenvalue weighted by Crippen LogP contribution is -2.30. The first kappa shape index (κ1) is 61.9. The fraction of sp³-hybridized carbons (Fsp3) is 0.746. The Morgan fingerprint density at radius 3 is 1.05 bits per heavy atom. The van der Waals surface area contributed by atoms with Gasteiger partial charge in [0.05, 0.1) is 0 Å². The number of hydrogen-bond donors (Lipinski definition) is 0. The number of carbonyl (C=O) groups excluding carboxylic acids is 3. The van der Waals surface area contributed by atoms with Crippen LogP contribution in [0.3, 0.4) is 0 Å². The van der Waals surface area contributed by atoms with Gasteiger partial charge in [-0.25, -0.2) is 0 Å². The number of carbonyl (C=O) groups is 3. The van der Waals surface area contributed by atoms with Gasteiger partial charge in [-0.1, -0.05) is 222 Å². The minimum atomic E-state index is -0.808. The van der Waals surface area contributed by atoms with Crippen LogP contribution in [0.15, 0.2) is 72.9 Å². The summed E-state index contributed by atoms with van der Waals surface area (Å²) in [6.45, 7) is 6.46. The van der Waals surface area contributed by atoms with Gasteiger partial charge in [0.15, 0.2) is 6.10 Å². The summed E-state index contributed by atoms with van der Waals surface area (Å²) >= 11 is 0. The smallest absolute Gasteiger partial charge is 0.306 e. The number of unbranched alkanes of at least 4 members (excludes halogenated alkanes) is 26. The van der Waals surface area contributed by atoms with E-state index in [1.807, 2.05) is 6.08 Å². The van der Waals surface area contributed by atoms with Crippen LogP contribution < -0.4 is 0 Å². The predicted molar refractivity (Wildman–Crippen MR) is 279 cm³/mol. The first-order valence-corrected chi connectivity index (χ1v) is 27.4. The van der Waals surface area contributed by atoms with E-state index in [1.165, 1.54) is 128 Å². The van der Waals surface area contributed by atoms with Crippen molar-refractivity contribution in [3.05, 3.63) is 72.9 Å². The van der Waals surface area contributed by atoms with Crippen molar-refractivity contribution in [2.24, 2.45) is 0 Å². The van der Waals surface area contributed by atoms with Gasteiger partial charge in [0, 0.05) is 19.3 Å². The number of rotatable bonds is 49. The second-order valence-corrected chi connectivity index (χ2v) is 18.1. The maximum atomic E-state index is 12.8. The Balaban J connectivity index is 4.44. The molecule has 0 heterocycles. The molecule has 6 nitrogen and oxygen atoms in total. The number of allylic oxidation sites excluding steroid dienone is 12. The maximum absolute atomic E-state index is 12.8. The molecule has 0 bridgehead atoms. The molecule has 0 aromatic rings. The van der Waals surface area contributed by atoms with Crippen molar-refractivity contribution in [1.29, 1.82) is 0 Å². The molecule has 0 aliphatic carbocycles. The standard InChI is InChI=1S/C59H102O6/c1-4-7-10-13-16-19-22-25-27-29-30-32-34-37-40-43-46-49-52-58(61)64-55-56(54-63-57(60)51-48-45-42-39-36-33-24-21-18-15-12-9-6-3)65-59(62)53-50-47-44-41-38-35-31-28-26-23-20-17-14-11-8-5-2/h8,11,17,20,26,28,30,32-33,36,42,45,56H,4-7,9-10,12-16,18-19,21-25,27,29,31,34-35,37-41,43-44,46-55H2,1-3H3/b11-8+,20-17+,28-26+,32-30+,36-33+,45-42+. The molecule has 0 amide bonds. The molecule has 0 spiro atoms. The van der Waals surface area contributed by atoms with Gasteiger partial charge in [0.1, 0.15) is 13.2 Å². The third-order valence-electron chi connectivity index (χ3n) is 11.7. The Kier molecular flexibility index (Phi) is 50.9. The fourth-order valence-electron chi connectivity index (χ4n) is 7.56. The minimum absolute atomic E-state index is 0.102. The van der Waals surface area contributed by atoms with E-state index >= 15 is 0 Å². The van der Waals surface area contributed by atoms with Crippen molar-refractivity contribution in [1.82, 2.24) is 0 Å². The van der Waals surface area contributed by atoms with Gasteiger partial charge in [-0.15, -0.1) is 0 Å². The van der Waals surface area contributed by atoms with Gasteiger partial charge in [-0.3, -0.25) is 14.4 Å². The summed E-state index contributed by atoms with van der Waals surface area (Å²) in [7, 11) is 0. The molecule has 1 unspecified atom stereocenters. The summed E-state index contributed by atoms with van der Waals surface area (Å²) in [5.41, 5.74) is 0. The van der Waals surface area contributed by atoms with E-state index in [1.54, 1.807) is 0 Å². The molecule has 6 heteroatoms. The number of esters is 3. The molecule has 65 heavy (non-hydrogen) atoms. The fourth-order valence-corrected chi connectivity index (χ4v) is 7.56. The highest BCUT2D eigenvalue weighted by Crippen LogP contribution is 2.14. The zero-order chi connectivity index (χ0) is 47.2. The van der Waals surface area contributed by atoms with E-state index in [9.17, 15) is 14.4 Å². The lowest BCUT2D eigenvalue weighted by atomic mass is 10.1. The summed E-state index contributed by atoms with van der Waals surface area (Å²) in [4.78, 5) is 38.0. The molecule has 0 radical (unpaired) electrons. The summed E-state index contributed by atoms with van der Waals surface area (Å²) in [5.74, 6) is -0.989. The normalized spacial score (nSPS) is 12.6.